The third-order valence-corrected chi connectivity index (χ3v) is 1.71. The van der Waals surface area contributed by atoms with Gasteiger partial charge in [0.25, 0.3) is 0 Å². The van der Waals surface area contributed by atoms with Crippen LogP contribution in [0.4, 0.5) is 0 Å². The van der Waals surface area contributed by atoms with Gasteiger partial charge in [-0.25, -0.2) is 10.5 Å². The molecule has 1 rings (SSSR count). The number of carbonyl (C=O) groups excluding carboxylic acids is 2. The van der Waals surface area contributed by atoms with Crippen LogP contribution in [0.5, 0.6) is 0 Å². The Kier molecular flexibility index (Phi) is 4.30. The number of imidazole rings is 1. The van der Waals surface area contributed by atoms with Crippen LogP contribution < -0.4 is 10.8 Å². The summed E-state index contributed by atoms with van der Waals surface area (Å²) in [6.07, 6.45) is 3.23. The Bertz CT molecular complexity index is 323. The van der Waals surface area contributed by atoms with E-state index in [1.807, 2.05) is 0 Å². The van der Waals surface area contributed by atoms with Gasteiger partial charge < -0.3 is 10.3 Å². The van der Waals surface area contributed by atoms with E-state index in [0.717, 1.165) is 0 Å². The first-order chi connectivity index (χ1) is 7.22. The van der Waals surface area contributed by atoms with E-state index in [2.05, 4.69) is 15.3 Å². The van der Waals surface area contributed by atoms with Crippen molar-refractivity contribution in [2.45, 2.75) is 19.4 Å². The van der Waals surface area contributed by atoms with Crippen LogP contribution in [0.25, 0.3) is 0 Å². The van der Waals surface area contributed by atoms with Crippen LogP contribution in [-0.2, 0) is 16.1 Å². The van der Waals surface area contributed by atoms with Crippen molar-refractivity contribution < 1.29 is 14.8 Å². The van der Waals surface area contributed by atoms with Crippen molar-refractivity contribution in [2.75, 3.05) is 0 Å². The summed E-state index contributed by atoms with van der Waals surface area (Å²) in [5, 5.41) is 10.8. The van der Waals surface area contributed by atoms with Gasteiger partial charge in [-0.15, -0.1) is 0 Å². The lowest BCUT2D eigenvalue weighted by atomic mass is 10.3. The number of carbonyl (C=O) groups is 2. The first-order valence-electron chi connectivity index (χ1n) is 4.40. The summed E-state index contributed by atoms with van der Waals surface area (Å²) in [6, 6.07) is 0. The molecule has 7 nitrogen and oxygen atoms in total. The molecule has 0 aliphatic heterocycles. The predicted molar refractivity (Wildman–Crippen MR) is 49.6 cm³/mol. The minimum atomic E-state index is -0.580. The Labute approximate surface area is 85.9 Å². The molecule has 0 aliphatic rings. The molecule has 7 heteroatoms. The first kappa shape index (κ1) is 11.2. The van der Waals surface area contributed by atoms with E-state index in [1.54, 1.807) is 12.4 Å². The summed E-state index contributed by atoms with van der Waals surface area (Å²) in [7, 11) is 0. The number of amides is 2. The molecule has 4 N–H and O–H groups in total. The molecule has 1 aromatic rings. The molecular formula is C8H12N4O3. The second kappa shape index (κ2) is 5.76. The molecule has 0 fully saturated rings. The van der Waals surface area contributed by atoms with Crippen molar-refractivity contribution in [3.8, 4) is 0 Å². The maximum atomic E-state index is 11.1. The molecule has 1 heterocycles. The zero-order valence-corrected chi connectivity index (χ0v) is 7.99. The van der Waals surface area contributed by atoms with Gasteiger partial charge in [0.15, 0.2) is 0 Å². The van der Waals surface area contributed by atoms with E-state index >= 15 is 0 Å². The first-order valence-corrected chi connectivity index (χ1v) is 4.40. The Morgan fingerprint density at radius 1 is 1.40 bits per heavy atom. The highest BCUT2D eigenvalue weighted by atomic mass is 16.5. The molecule has 0 radical (unpaired) electrons. The number of aromatic amines is 1. The lowest BCUT2D eigenvalue weighted by Gasteiger charge is -2.02. The number of H-pyrrole nitrogens is 1. The average molecular weight is 212 g/mol. The maximum Gasteiger partial charge on any atom is 0.243 e. The van der Waals surface area contributed by atoms with Crippen LogP contribution >= 0.6 is 0 Å². The summed E-state index contributed by atoms with van der Waals surface area (Å²) >= 11 is 0. The van der Waals surface area contributed by atoms with E-state index in [9.17, 15) is 9.59 Å². The molecule has 0 saturated carbocycles. The number of aromatic nitrogens is 2. The monoisotopic (exact) mass is 212 g/mol. The highest BCUT2D eigenvalue weighted by Gasteiger charge is 2.05. The van der Waals surface area contributed by atoms with Gasteiger partial charge in [-0.05, 0) is 0 Å². The summed E-state index contributed by atoms with van der Waals surface area (Å²) in [5.74, 6) is -0.201. The summed E-state index contributed by atoms with van der Waals surface area (Å²) in [6.45, 7) is 0.298. The molecule has 15 heavy (non-hydrogen) atoms. The Morgan fingerprint density at radius 3 is 2.73 bits per heavy atom. The number of hydroxylamine groups is 1. The van der Waals surface area contributed by atoms with Gasteiger partial charge in [0, 0.05) is 25.2 Å². The number of nitrogens with one attached hydrogen (secondary N) is 3. The van der Waals surface area contributed by atoms with Gasteiger partial charge in [0.05, 0.1) is 6.54 Å². The normalized spacial score (nSPS) is 9.67. The second-order valence-electron chi connectivity index (χ2n) is 2.85. The molecule has 0 unspecified atom stereocenters. The summed E-state index contributed by atoms with van der Waals surface area (Å²) in [4.78, 5) is 28.5. The molecule has 2 amide bonds. The van der Waals surface area contributed by atoms with Crippen LogP contribution in [0.1, 0.15) is 18.7 Å². The third kappa shape index (κ3) is 4.23. The lowest BCUT2D eigenvalue weighted by molar-refractivity contribution is -0.131. The largest absolute Gasteiger partial charge is 0.349 e. The number of rotatable bonds is 5. The fourth-order valence-corrected chi connectivity index (χ4v) is 0.948. The molecule has 0 spiro atoms. The van der Waals surface area contributed by atoms with Crippen molar-refractivity contribution in [1.29, 1.82) is 0 Å². The fourth-order valence-electron chi connectivity index (χ4n) is 0.948. The molecule has 0 atom stereocenters. The highest BCUT2D eigenvalue weighted by Crippen LogP contribution is 1.91. The molecule has 0 aliphatic carbocycles. The predicted octanol–water partition coefficient (Wildman–Crippen LogP) is -0.688. The van der Waals surface area contributed by atoms with Gasteiger partial charge >= 0.3 is 0 Å². The van der Waals surface area contributed by atoms with Crippen molar-refractivity contribution in [1.82, 2.24) is 20.8 Å². The van der Waals surface area contributed by atoms with Crippen LogP contribution in [0.2, 0.25) is 0 Å². The third-order valence-electron chi connectivity index (χ3n) is 1.71. The van der Waals surface area contributed by atoms with Gasteiger partial charge in [-0.2, -0.15) is 0 Å². The van der Waals surface area contributed by atoms with E-state index in [-0.39, 0.29) is 18.7 Å². The summed E-state index contributed by atoms with van der Waals surface area (Å²) in [5.41, 5.74) is 1.45. The van der Waals surface area contributed by atoms with Crippen molar-refractivity contribution >= 4 is 11.8 Å². The Morgan fingerprint density at radius 2 is 2.13 bits per heavy atom. The highest BCUT2D eigenvalue weighted by molar-refractivity contribution is 5.82. The van der Waals surface area contributed by atoms with E-state index in [1.165, 1.54) is 5.48 Å². The average Bonchev–Trinajstić information content (AvgIpc) is 2.75. The fraction of sp³-hybridized carbons (Fsp3) is 0.375. The zero-order valence-electron chi connectivity index (χ0n) is 7.99. The van der Waals surface area contributed by atoms with Crippen molar-refractivity contribution in [2.24, 2.45) is 0 Å². The van der Waals surface area contributed by atoms with Crippen LogP contribution in [0, 0.1) is 0 Å². The Balaban J connectivity index is 2.16. The minimum absolute atomic E-state index is 0.0348. The quantitative estimate of drug-likeness (QED) is 0.383. The smallest absolute Gasteiger partial charge is 0.243 e. The topological polar surface area (TPSA) is 107 Å². The maximum absolute atomic E-state index is 11.1. The summed E-state index contributed by atoms with van der Waals surface area (Å²) < 4.78 is 0. The lowest BCUT2D eigenvalue weighted by Crippen LogP contribution is -2.26. The van der Waals surface area contributed by atoms with Crippen molar-refractivity contribution in [3.05, 3.63) is 18.2 Å². The van der Waals surface area contributed by atoms with Crippen LogP contribution in [0.15, 0.2) is 12.4 Å². The molecule has 1 aromatic heterocycles. The number of nitrogens with zero attached hydrogens (tertiary/aromatic N) is 1. The Hall–Kier alpha value is -1.89. The molecule has 0 bridgehead atoms. The number of hydrogen-bond donors (Lipinski definition) is 4. The molecule has 82 valence electrons. The van der Waals surface area contributed by atoms with E-state index in [0.29, 0.717) is 12.4 Å². The van der Waals surface area contributed by atoms with E-state index < -0.39 is 5.91 Å². The van der Waals surface area contributed by atoms with E-state index in [4.69, 9.17) is 5.21 Å². The molecule has 0 aromatic carbocycles. The molecule has 0 saturated heterocycles. The van der Waals surface area contributed by atoms with Gasteiger partial charge in [0.1, 0.15) is 5.82 Å². The van der Waals surface area contributed by atoms with Gasteiger partial charge in [0.2, 0.25) is 11.8 Å². The molecular weight excluding hydrogens is 200 g/mol. The number of hydrogen-bond acceptors (Lipinski definition) is 4. The minimum Gasteiger partial charge on any atom is -0.349 e. The van der Waals surface area contributed by atoms with Crippen LogP contribution in [-0.4, -0.2) is 27.0 Å². The SMILES string of the molecule is O=C(CCC(=O)NCc1ncc[nH]1)NO. The zero-order chi connectivity index (χ0) is 11.1. The standard InChI is InChI=1S/C8H12N4O3/c13-7(1-2-8(14)12-15)11-5-6-9-3-4-10-6/h3-4,15H,1-2,5H2,(H,9,10)(H,11,13)(H,12,14). The second-order valence-corrected chi connectivity index (χ2v) is 2.85. The van der Waals surface area contributed by atoms with Gasteiger partial charge in [-0.3, -0.25) is 14.8 Å². The van der Waals surface area contributed by atoms with Gasteiger partial charge in [-0.1, -0.05) is 0 Å². The van der Waals surface area contributed by atoms with Crippen molar-refractivity contribution in [3.63, 3.8) is 0 Å². The van der Waals surface area contributed by atoms with Crippen LogP contribution in [0.3, 0.4) is 0 Å².